The normalized spacial score (nSPS) is 12.2. The molecule has 0 unspecified atom stereocenters. The number of primary amides is 1. The standard InChI is InChI=1S/C10H13BrN2O2/c1-15-9-3-2-6(4-7(9)11)8(12)5-10(13)14/h2-4,8H,5,12H2,1H3,(H2,13,14)/t8-/m0/s1. The van der Waals surface area contributed by atoms with Crippen molar-refractivity contribution in [1.82, 2.24) is 0 Å². The van der Waals surface area contributed by atoms with Gasteiger partial charge in [0.05, 0.1) is 11.6 Å². The first-order chi connectivity index (χ1) is 7.04. The lowest BCUT2D eigenvalue weighted by Crippen LogP contribution is -2.20. The number of amides is 1. The Morgan fingerprint density at radius 3 is 2.73 bits per heavy atom. The highest BCUT2D eigenvalue weighted by Crippen LogP contribution is 2.28. The molecule has 0 aliphatic rings. The molecule has 1 rings (SSSR count). The lowest BCUT2D eigenvalue weighted by molar-refractivity contribution is -0.118. The molecule has 0 saturated heterocycles. The van der Waals surface area contributed by atoms with Gasteiger partial charge in [-0.15, -0.1) is 0 Å². The van der Waals surface area contributed by atoms with Gasteiger partial charge in [-0.3, -0.25) is 4.79 Å². The summed E-state index contributed by atoms with van der Waals surface area (Å²) in [6, 6.07) is 5.06. The van der Waals surface area contributed by atoms with Crippen LogP contribution in [0.5, 0.6) is 5.75 Å². The average Bonchev–Trinajstić information content (AvgIpc) is 2.16. The fourth-order valence-electron chi connectivity index (χ4n) is 1.25. The van der Waals surface area contributed by atoms with Crippen molar-refractivity contribution in [3.63, 3.8) is 0 Å². The predicted molar refractivity (Wildman–Crippen MR) is 61.4 cm³/mol. The molecule has 4 nitrogen and oxygen atoms in total. The van der Waals surface area contributed by atoms with Crippen LogP contribution in [-0.2, 0) is 4.79 Å². The molecule has 0 radical (unpaired) electrons. The molecule has 0 saturated carbocycles. The Morgan fingerprint density at radius 1 is 1.60 bits per heavy atom. The van der Waals surface area contributed by atoms with Crippen molar-refractivity contribution in [3.05, 3.63) is 28.2 Å². The summed E-state index contributed by atoms with van der Waals surface area (Å²) in [6.07, 6.45) is 0.138. The number of hydrogen-bond donors (Lipinski definition) is 2. The van der Waals surface area contributed by atoms with Crippen molar-refractivity contribution in [2.24, 2.45) is 11.5 Å². The van der Waals surface area contributed by atoms with Gasteiger partial charge in [0.2, 0.25) is 5.91 Å². The summed E-state index contributed by atoms with van der Waals surface area (Å²) >= 11 is 3.35. The summed E-state index contributed by atoms with van der Waals surface area (Å²) in [5.41, 5.74) is 11.7. The molecule has 1 amide bonds. The van der Waals surface area contributed by atoms with E-state index in [1.807, 2.05) is 12.1 Å². The minimum Gasteiger partial charge on any atom is -0.496 e. The van der Waals surface area contributed by atoms with E-state index >= 15 is 0 Å². The van der Waals surface area contributed by atoms with Gasteiger partial charge >= 0.3 is 0 Å². The number of ether oxygens (including phenoxy) is 1. The van der Waals surface area contributed by atoms with Crippen LogP contribution in [0.2, 0.25) is 0 Å². The van der Waals surface area contributed by atoms with Crippen molar-refractivity contribution >= 4 is 21.8 Å². The van der Waals surface area contributed by atoms with E-state index in [4.69, 9.17) is 16.2 Å². The lowest BCUT2D eigenvalue weighted by Gasteiger charge is -2.11. The minimum atomic E-state index is -0.408. The van der Waals surface area contributed by atoms with Crippen molar-refractivity contribution < 1.29 is 9.53 Å². The van der Waals surface area contributed by atoms with E-state index in [1.54, 1.807) is 13.2 Å². The summed E-state index contributed by atoms with van der Waals surface area (Å²) in [7, 11) is 1.59. The first kappa shape index (κ1) is 12.0. The maximum Gasteiger partial charge on any atom is 0.219 e. The molecule has 1 aromatic rings. The van der Waals surface area contributed by atoms with Crippen molar-refractivity contribution in [1.29, 1.82) is 0 Å². The molecule has 82 valence electrons. The number of carbonyl (C=O) groups excluding carboxylic acids is 1. The van der Waals surface area contributed by atoms with E-state index in [9.17, 15) is 4.79 Å². The molecule has 0 bridgehead atoms. The first-order valence-electron chi connectivity index (χ1n) is 4.42. The zero-order valence-corrected chi connectivity index (χ0v) is 9.95. The zero-order valence-electron chi connectivity index (χ0n) is 8.37. The summed E-state index contributed by atoms with van der Waals surface area (Å²) in [6.45, 7) is 0. The minimum absolute atomic E-state index is 0.138. The number of nitrogens with two attached hydrogens (primary N) is 2. The Labute approximate surface area is 96.7 Å². The van der Waals surface area contributed by atoms with Crippen molar-refractivity contribution in [2.75, 3.05) is 7.11 Å². The molecule has 5 heteroatoms. The van der Waals surface area contributed by atoms with Crippen LogP contribution in [0.4, 0.5) is 0 Å². The molecule has 0 fully saturated rings. The summed E-state index contributed by atoms with van der Waals surface area (Å²) in [5, 5.41) is 0. The molecule has 0 heterocycles. The molecule has 4 N–H and O–H groups in total. The number of benzene rings is 1. The number of hydrogen-bond acceptors (Lipinski definition) is 3. The average molecular weight is 273 g/mol. The molecular weight excluding hydrogens is 260 g/mol. The van der Waals surface area contributed by atoms with E-state index in [1.165, 1.54) is 0 Å². The number of halogens is 1. The highest BCUT2D eigenvalue weighted by molar-refractivity contribution is 9.10. The van der Waals surface area contributed by atoms with E-state index in [0.717, 1.165) is 15.8 Å². The van der Waals surface area contributed by atoms with Gasteiger partial charge in [-0.2, -0.15) is 0 Å². The Bertz CT molecular complexity index is 368. The Hall–Kier alpha value is -1.07. The van der Waals surface area contributed by atoms with Crippen LogP contribution >= 0.6 is 15.9 Å². The highest BCUT2D eigenvalue weighted by atomic mass is 79.9. The predicted octanol–water partition coefficient (Wildman–Crippen LogP) is 1.33. The number of carbonyl (C=O) groups is 1. The van der Waals surface area contributed by atoms with Crippen LogP contribution < -0.4 is 16.2 Å². The molecule has 0 aromatic heterocycles. The summed E-state index contributed by atoms with van der Waals surface area (Å²) < 4.78 is 5.89. The maximum atomic E-state index is 10.7. The van der Waals surface area contributed by atoms with Crippen LogP contribution in [0.25, 0.3) is 0 Å². The van der Waals surface area contributed by atoms with Gasteiger partial charge in [-0.05, 0) is 33.6 Å². The van der Waals surface area contributed by atoms with Gasteiger partial charge in [0, 0.05) is 12.5 Å². The SMILES string of the molecule is COc1ccc([C@@H](N)CC(N)=O)cc1Br. The first-order valence-corrected chi connectivity index (χ1v) is 5.21. The number of rotatable bonds is 4. The summed E-state index contributed by atoms with van der Waals surface area (Å²) in [4.78, 5) is 10.7. The molecular formula is C10H13BrN2O2. The molecule has 0 aliphatic carbocycles. The third-order valence-electron chi connectivity index (χ3n) is 2.03. The summed E-state index contributed by atoms with van der Waals surface area (Å²) in [5.74, 6) is 0.319. The van der Waals surface area contributed by atoms with Gasteiger partial charge in [0.25, 0.3) is 0 Å². The van der Waals surface area contributed by atoms with Crippen LogP contribution in [0.15, 0.2) is 22.7 Å². The van der Waals surface area contributed by atoms with E-state index < -0.39 is 5.91 Å². The molecule has 15 heavy (non-hydrogen) atoms. The van der Waals surface area contributed by atoms with Gasteiger partial charge in [0.1, 0.15) is 5.75 Å². The fraction of sp³-hybridized carbons (Fsp3) is 0.300. The second-order valence-corrected chi connectivity index (χ2v) is 4.03. The molecule has 1 aromatic carbocycles. The fourth-order valence-corrected chi connectivity index (χ4v) is 1.81. The largest absolute Gasteiger partial charge is 0.496 e. The topological polar surface area (TPSA) is 78.3 Å². The Kier molecular flexibility index (Phi) is 4.11. The third kappa shape index (κ3) is 3.21. The van der Waals surface area contributed by atoms with Crippen molar-refractivity contribution in [3.8, 4) is 5.75 Å². The molecule has 1 atom stereocenters. The van der Waals surface area contributed by atoms with E-state index in [-0.39, 0.29) is 12.5 Å². The van der Waals surface area contributed by atoms with Crippen LogP contribution in [-0.4, -0.2) is 13.0 Å². The number of methoxy groups -OCH3 is 1. The Balaban J connectivity index is 2.87. The third-order valence-corrected chi connectivity index (χ3v) is 2.64. The van der Waals surface area contributed by atoms with Crippen molar-refractivity contribution in [2.45, 2.75) is 12.5 Å². The van der Waals surface area contributed by atoms with Crippen LogP contribution in [0.1, 0.15) is 18.0 Å². The smallest absolute Gasteiger partial charge is 0.219 e. The zero-order chi connectivity index (χ0) is 11.4. The lowest BCUT2D eigenvalue weighted by atomic mass is 10.0. The second-order valence-electron chi connectivity index (χ2n) is 3.17. The van der Waals surface area contributed by atoms with Crippen LogP contribution in [0, 0.1) is 0 Å². The maximum absolute atomic E-state index is 10.7. The van der Waals surface area contributed by atoms with Gasteiger partial charge in [0.15, 0.2) is 0 Å². The molecule has 0 aliphatic heterocycles. The van der Waals surface area contributed by atoms with E-state index in [2.05, 4.69) is 15.9 Å². The van der Waals surface area contributed by atoms with Gasteiger partial charge in [-0.25, -0.2) is 0 Å². The highest BCUT2D eigenvalue weighted by Gasteiger charge is 2.11. The Morgan fingerprint density at radius 2 is 2.27 bits per heavy atom. The monoisotopic (exact) mass is 272 g/mol. The quantitative estimate of drug-likeness (QED) is 0.868. The van der Waals surface area contributed by atoms with Gasteiger partial charge < -0.3 is 16.2 Å². The molecule has 0 spiro atoms. The van der Waals surface area contributed by atoms with Gasteiger partial charge in [-0.1, -0.05) is 6.07 Å². The van der Waals surface area contributed by atoms with E-state index in [0.29, 0.717) is 0 Å². The van der Waals surface area contributed by atoms with Crippen LogP contribution in [0.3, 0.4) is 0 Å². The second kappa shape index (κ2) is 5.14.